The van der Waals surface area contributed by atoms with Crippen molar-refractivity contribution in [3.8, 4) is 11.1 Å². The second kappa shape index (κ2) is 10.3. The normalized spacial score (nSPS) is 23.4. The Balaban J connectivity index is 1.34. The predicted molar refractivity (Wildman–Crippen MR) is 132 cm³/mol. The van der Waals surface area contributed by atoms with Crippen molar-refractivity contribution < 1.29 is 13.9 Å². The lowest BCUT2D eigenvalue weighted by molar-refractivity contribution is 0.128. The summed E-state index contributed by atoms with van der Waals surface area (Å²) in [7, 11) is 0. The number of nitrogens with one attached hydrogen (secondary N) is 1. The Kier molecular flexibility index (Phi) is 6.84. The van der Waals surface area contributed by atoms with E-state index in [1.165, 1.54) is 17.7 Å². The van der Waals surface area contributed by atoms with Crippen LogP contribution in [-0.4, -0.2) is 33.9 Å². The number of carbonyl (C=O) groups excluding carboxylic acids is 1. The summed E-state index contributed by atoms with van der Waals surface area (Å²) in [6, 6.07) is 12.7. The van der Waals surface area contributed by atoms with Crippen molar-refractivity contribution in [1.82, 2.24) is 20.5 Å². The molecule has 2 aliphatic rings. The number of ether oxygens (including phenoxy) is 1. The summed E-state index contributed by atoms with van der Waals surface area (Å²) < 4.78 is 18.6. The molecule has 3 aromatic rings. The van der Waals surface area contributed by atoms with E-state index in [9.17, 15) is 9.18 Å². The van der Waals surface area contributed by atoms with E-state index in [1.807, 2.05) is 25.1 Å². The van der Waals surface area contributed by atoms with Crippen molar-refractivity contribution in [1.29, 1.82) is 0 Å². The molecule has 0 unspecified atom stereocenters. The average Bonchev–Trinajstić information content (AvgIpc) is 2.87. The lowest BCUT2D eigenvalue weighted by atomic mass is 9.63. The number of aromatic nitrogens is 3. The first-order valence-corrected chi connectivity index (χ1v) is 12.2. The number of nitrogens with zero attached hydrogens (tertiary/aromatic N) is 3. The molecule has 5 rings (SSSR count). The number of amides is 1. The molecular weight excluding hydrogens is 443 g/mol. The van der Waals surface area contributed by atoms with E-state index in [0.29, 0.717) is 18.4 Å². The second-order valence-electron chi connectivity index (χ2n) is 9.30. The summed E-state index contributed by atoms with van der Waals surface area (Å²) in [4.78, 5) is 16.5. The maximum atomic E-state index is 13.6. The highest BCUT2D eigenvalue weighted by atomic mass is 19.1. The summed E-state index contributed by atoms with van der Waals surface area (Å²) in [5.74, 6) is 0.840. The number of fused-ring (bicyclic) bond motifs is 2. The van der Waals surface area contributed by atoms with Gasteiger partial charge in [0.2, 0.25) is 0 Å². The number of halogens is 1. The van der Waals surface area contributed by atoms with E-state index in [1.54, 1.807) is 18.5 Å². The molecule has 0 radical (unpaired) electrons. The van der Waals surface area contributed by atoms with E-state index >= 15 is 0 Å². The zero-order valence-electron chi connectivity index (χ0n) is 19.7. The molecule has 1 saturated carbocycles. The molecule has 180 valence electrons. The third kappa shape index (κ3) is 5.24. The molecule has 0 bridgehead atoms. The Hall–Kier alpha value is -3.61. The summed E-state index contributed by atoms with van der Waals surface area (Å²) >= 11 is 0. The summed E-state index contributed by atoms with van der Waals surface area (Å²) in [5, 5.41) is 11.6. The third-order valence-electron chi connectivity index (χ3n) is 7.17. The van der Waals surface area contributed by atoms with Crippen molar-refractivity contribution in [2.75, 3.05) is 6.61 Å². The lowest BCUT2D eigenvalue weighted by Gasteiger charge is -2.43. The minimum atomic E-state index is -0.337. The Morgan fingerprint density at radius 3 is 2.91 bits per heavy atom. The van der Waals surface area contributed by atoms with Crippen LogP contribution in [0.2, 0.25) is 0 Å². The monoisotopic (exact) mass is 472 g/mol. The molecule has 7 heteroatoms. The number of hydrogen-bond acceptors (Lipinski definition) is 5. The highest BCUT2D eigenvalue weighted by Gasteiger charge is 2.40. The maximum absolute atomic E-state index is 13.6. The molecule has 1 amide bonds. The van der Waals surface area contributed by atoms with E-state index in [4.69, 9.17) is 4.74 Å². The molecule has 1 N–H and O–H groups in total. The van der Waals surface area contributed by atoms with Crippen molar-refractivity contribution >= 4 is 12.2 Å². The van der Waals surface area contributed by atoms with E-state index in [-0.39, 0.29) is 23.9 Å². The topological polar surface area (TPSA) is 77.0 Å². The Morgan fingerprint density at radius 1 is 1.20 bits per heavy atom. The van der Waals surface area contributed by atoms with Crippen molar-refractivity contribution in [2.24, 2.45) is 11.8 Å². The molecule has 4 atom stereocenters. The van der Waals surface area contributed by atoms with Gasteiger partial charge in [0.25, 0.3) is 0 Å². The van der Waals surface area contributed by atoms with Gasteiger partial charge in [-0.05, 0) is 85.9 Å². The first kappa shape index (κ1) is 23.1. The number of benzene rings is 1. The van der Waals surface area contributed by atoms with E-state index in [0.717, 1.165) is 48.2 Å². The molecule has 0 spiro atoms. The second-order valence-corrected chi connectivity index (χ2v) is 9.30. The van der Waals surface area contributed by atoms with E-state index < -0.39 is 0 Å². The third-order valence-corrected chi connectivity index (χ3v) is 7.17. The smallest absolute Gasteiger partial charge is 0.407 e. The lowest BCUT2D eigenvalue weighted by Crippen LogP contribution is -2.44. The van der Waals surface area contributed by atoms with Gasteiger partial charge < -0.3 is 10.1 Å². The summed E-state index contributed by atoms with van der Waals surface area (Å²) in [6.45, 7) is 2.19. The molecule has 2 aliphatic carbocycles. The van der Waals surface area contributed by atoms with E-state index in [2.05, 4.69) is 38.7 Å². The molecular formula is C28H29FN4O2. The Labute approximate surface area is 204 Å². The number of carbonyl (C=O) groups is 1. The van der Waals surface area contributed by atoms with Crippen LogP contribution in [0.3, 0.4) is 0 Å². The van der Waals surface area contributed by atoms with Crippen LogP contribution >= 0.6 is 0 Å². The molecule has 35 heavy (non-hydrogen) atoms. The molecule has 1 aromatic carbocycles. The molecule has 2 heterocycles. The fourth-order valence-electron chi connectivity index (χ4n) is 5.57. The predicted octanol–water partition coefficient (Wildman–Crippen LogP) is 5.56. The zero-order chi connectivity index (χ0) is 24.2. The first-order chi connectivity index (χ1) is 17.1. The van der Waals surface area contributed by atoms with Gasteiger partial charge >= 0.3 is 6.09 Å². The molecule has 0 aliphatic heterocycles. The highest BCUT2D eigenvalue weighted by Crippen LogP contribution is 2.47. The molecule has 6 nitrogen and oxygen atoms in total. The minimum absolute atomic E-state index is 0.121. The van der Waals surface area contributed by atoms with Crippen LogP contribution in [0.1, 0.15) is 49.1 Å². The SMILES string of the molecule is CCOC(=O)N[C@@H]1CC[C@@H]2[C@H](Cc3nnccc3[C@H]2C=Cc2ccc(-c3cccc(F)c3)cn2)C1. The van der Waals surface area contributed by atoms with Crippen LogP contribution in [0, 0.1) is 17.7 Å². The van der Waals surface area contributed by atoms with Crippen LogP contribution in [0.4, 0.5) is 9.18 Å². The summed E-state index contributed by atoms with van der Waals surface area (Å²) in [5.41, 5.74) is 4.81. The average molecular weight is 473 g/mol. The van der Waals surface area contributed by atoms with Gasteiger partial charge in [0.1, 0.15) is 5.82 Å². The van der Waals surface area contributed by atoms with Gasteiger partial charge in [-0.25, -0.2) is 9.18 Å². The van der Waals surface area contributed by atoms with Gasteiger partial charge in [0.15, 0.2) is 0 Å². The van der Waals surface area contributed by atoms with Gasteiger partial charge in [-0.15, -0.1) is 0 Å². The van der Waals surface area contributed by atoms with Crippen LogP contribution in [-0.2, 0) is 11.2 Å². The van der Waals surface area contributed by atoms with Crippen molar-refractivity contribution in [3.63, 3.8) is 0 Å². The quantitative estimate of drug-likeness (QED) is 0.526. The van der Waals surface area contributed by atoms with Crippen LogP contribution in [0.25, 0.3) is 17.2 Å². The Morgan fingerprint density at radius 2 is 2.11 bits per heavy atom. The number of alkyl carbamates (subject to hydrolysis) is 1. The number of pyridine rings is 1. The fraction of sp³-hybridized carbons (Fsp3) is 0.357. The van der Waals surface area contributed by atoms with Crippen LogP contribution in [0.15, 0.2) is 60.9 Å². The molecule has 2 aromatic heterocycles. The highest BCUT2D eigenvalue weighted by molar-refractivity contribution is 5.67. The molecule has 1 fully saturated rings. The first-order valence-electron chi connectivity index (χ1n) is 12.2. The molecule has 0 saturated heterocycles. The number of rotatable bonds is 5. The largest absolute Gasteiger partial charge is 0.450 e. The summed E-state index contributed by atoms with van der Waals surface area (Å²) in [6.07, 6.45) is 11.2. The Bertz CT molecular complexity index is 1210. The fourth-order valence-corrected chi connectivity index (χ4v) is 5.57. The maximum Gasteiger partial charge on any atom is 0.407 e. The van der Waals surface area contributed by atoms with Crippen LogP contribution in [0.5, 0.6) is 0 Å². The van der Waals surface area contributed by atoms with Crippen LogP contribution < -0.4 is 5.32 Å². The standard InChI is InChI=1S/C28H29FN4O2/c1-2-35-28(34)32-23-9-10-24-20(15-23)16-27-26(12-13-31-33-27)25(24)11-8-22-7-6-19(17-30-22)18-4-3-5-21(29)14-18/h3-8,11-14,17,20,23-25H,2,9-10,15-16H2,1H3,(H,32,34)/t20-,23+,24+,25-/m0/s1. The number of allylic oxidation sites excluding steroid dienone is 1. The van der Waals surface area contributed by atoms with Gasteiger partial charge in [-0.3, -0.25) is 4.98 Å². The minimum Gasteiger partial charge on any atom is -0.450 e. The van der Waals surface area contributed by atoms with Gasteiger partial charge in [0.05, 0.1) is 18.0 Å². The van der Waals surface area contributed by atoms with Gasteiger partial charge in [-0.2, -0.15) is 10.2 Å². The zero-order valence-corrected chi connectivity index (χ0v) is 19.7. The van der Waals surface area contributed by atoms with Crippen molar-refractivity contribution in [3.05, 3.63) is 83.7 Å². The van der Waals surface area contributed by atoms with Gasteiger partial charge in [-0.1, -0.05) is 24.3 Å². The van der Waals surface area contributed by atoms with Gasteiger partial charge in [0, 0.05) is 29.9 Å². The number of hydrogen-bond donors (Lipinski definition) is 1. The van der Waals surface area contributed by atoms with Crippen molar-refractivity contribution in [2.45, 2.75) is 44.6 Å².